The summed E-state index contributed by atoms with van der Waals surface area (Å²) in [6.45, 7) is 0.998. The van der Waals surface area contributed by atoms with E-state index in [0.29, 0.717) is 19.1 Å². The predicted molar refractivity (Wildman–Crippen MR) is 90.0 cm³/mol. The lowest BCUT2D eigenvalue weighted by Crippen LogP contribution is -2.45. The Morgan fingerprint density at radius 3 is 2.43 bits per heavy atom. The Hall–Kier alpha value is -1.32. The minimum absolute atomic E-state index is 0. The van der Waals surface area contributed by atoms with E-state index in [-0.39, 0.29) is 36.2 Å². The number of hydrogen-bond donors (Lipinski definition) is 1. The molecule has 2 rings (SSSR count). The third-order valence-electron chi connectivity index (χ3n) is 4.78. The van der Waals surface area contributed by atoms with Crippen LogP contribution in [0.3, 0.4) is 0 Å². The Morgan fingerprint density at radius 1 is 1.22 bits per heavy atom. The number of amides is 2. The van der Waals surface area contributed by atoms with Crippen LogP contribution in [0.5, 0.6) is 0 Å². The zero-order valence-corrected chi connectivity index (χ0v) is 14.8. The lowest BCUT2D eigenvalue weighted by atomic mass is 9.85. The Morgan fingerprint density at radius 2 is 1.87 bits per heavy atom. The molecule has 2 fully saturated rings. The van der Waals surface area contributed by atoms with Gasteiger partial charge in [0.05, 0.1) is 12.6 Å². The summed E-state index contributed by atoms with van der Waals surface area (Å²) in [6.07, 6.45) is 5.33. The number of nitriles is 1. The highest BCUT2D eigenvalue weighted by Crippen LogP contribution is 2.25. The van der Waals surface area contributed by atoms with Gasteiger partial charge < -0.3 is 15.1 Å². The van der Waals surface area contributed by atoms with Crippen molar-refractivity contribution in [2.75, 3.05) is 27.2 Å². The van der Waals surface area contributed by atoms with E-state index >= 15 is 0 Å². The van der Waals surface area contributed by atoms with E-state index in [4.69, 9.17) is 5.26 Å². The average Bonchev–Trinajstić information content (AvgIpc) is 3.01. The van der Waals surface area contributed by atoms with E-state index in [9.17, 15) is 9.59 Å². The molecule has 6 nitrogen and oxygen atoms in total. The monoisotopic (exact) mass is 342 g/mol. The molecule has 1 saturated carbocycles. The van der Waals surface area contributed by atoms with E-state index < -0.39 is 0 Å². The van der Waals surface area contributed by atoms with Crippen LogP contribution in [0.2, 0.25) is 0 Å². The molecule has 0 unspecified atom stereocenters. The zero-order valence-electron chi connectivity index (χ0n) is 14.0. The van der Waals surface area contributed by atoms with Crippen LogP contribution in [0.15, 0.2) is 0 Å². The van der Waals surface area contributed by atoms with Crippen LogP contribution in [0.1, 0.15) is 38.5 Å². The molecule has 7 heteroatoms. The van der Waals surface area contributed by atoms with Crippen molar-refractivity contribution in [1.29, 1.82) is 5.26 Å². The SMILES string of the molecule is CN(C)C(=O)C1CCC(NCC(=O)N2CCC[C@H]2C#N)CC1.Cl. The number of rotatable bonds is 4. The molecule has 0 aromatic carbocycles. The highest BCUT2D eigenvalue weighted by atomic mass is 35.5. The topological polar surface area (TPSA) is 76.4 Å². The summed E-state index contributed by atoms with van der Waals surface area (Å²) in [4.78, 5) is 27.5. The lowest BCUT2D eigenvalue weighted by molar-refractivity contribution is -0.134. The van der Waals surface area contributed by atoms with Crippen molar-refractivity contribution in [2.24, 2.45) is 5.92 Å². The van der Waals surface area contributed by atoms with Gasteiger partial charge in [-0.2, -0.15) is 5.26 Å². The van der Waals surface area contributed by atoms with Gasteiger partial charge in [0, 0.05) is 32.6 Å². The van der Waals surface area contributed by atoms with E-state index in [2.05, 4.69) is 11.4 Å². The summed E-state index contributed by atoms with van der Waals surface area (Å²) in [5.74, 6) is 0.365. The van der Waals surface area contributed by atoms with Crippen LogP contribution >= 0.6 is 12.4 Å². The zero-order chi connectivity index (χ0) is 16.1. The molecule has 1 saturated heterocycles. The molecule has 0 aromatic rings. The van der Waals surface area contributed by atoms with Gasteiger partial charge in [-0.05, 0) is 38.5 Å². The molecule has 2 amide bonds. The molecule has 0 spiro atoms. The standard InChI is InChI=1S/C16H26N4O2.ClH/c1-19(2)16(22)12-5-7-13(8-6-12)18-11-15(21)20-9-3-4-14(20)10-17;/h12-14,18H,3-9,11H2,1-2H3;1H/t12?,13?,14-;/m0./s1. The smallest absolute Gasteiger partial charge is 0.237 e. The maximum atomic E-state index is 12.2. The summed E-state index contributed by atoms with van der Waals surface area (Å²) in [5, 5.41) is 12.3. The van der Waals surface area contributed by atoms with Gasteiger partial charge in [0.25, 0.3) is 0 Å². The number of likely N-dealkylation sites (tertiary alicyclic amines) is 1. The first kappa shape index (κ1) is 19.7. The largest absolute Gasteiger partial charge is 0.349 e. The number of hydrogen-bond acceptors (Lipinski definition) is 4. The van der Waals surface area contributed by atoms with Crippen molar-refractivity contribution in [3.8, 4) is 6.07 Å². The molecule has 23 heavy (non-hydrogen) atoms. The predicted octanol–water partition coefficient (Wildman–Crippen LogP) is 1.16. The molecule has 1 heterocycles. The minimum Gasteiger partial charge on any atom is -0.349 e. The molecule has 0 bridgehead atoms. The average molecular weight is 343 g/mol. The third-order valence-corrected chi connectivity index (χ3v) is 4.78. The molecule has 130 valence electrons. The highest BCUT2D eigenvalue weighted by molar-refractivity contribution is 5.85. The summed E-state index contributed by atoms with van der Waals surface area (Å²) in [7, 11) is 3.60. The van der Waals surface area contributed by atoms with Gasteiger partial charge in [-0.25, -0.2) is 0 Å². The summed E-state index contributed by atoms with van der Waals surface area (Å²) in [6, 6.07) is 2.25. The second-order valence-electron chi connectivity index (χ2n) is 6.54. The van der Waals surface area contributed by atoms with Crippen molar-refractivity contribution in [1.82, 2.24) is 15.1 Å². The fourth-order valence-corrected chi connectivity index (χ4v) is 3.44. The first-order valence-electron chi connectivity index (χ1n) is 8.16. The second-order valence-corrected chi connectivity index (χ2v) is 6.54. The normalized spacial score (nSPS) is 27.0. The molecule has 2 aliphatic rings. The van der Waals surface area contributed by atoms with Crippen molar-refractivity contribution in [3.05, 3.63) is 0 Å². The van der Waals surface area contributed by atoms with E-state index in [1.807, 2.05) is 0 Å². The maximum absolute atomic E-state index is 12.2. The lowest BCUT2D eigenvalue weighted by Gasteiger charge is -2.30. The Kier molecular flexibility index (Phi) is 7.80. The van der Waals surface area contributed by atoms with E-state index in [0.717, 1.165) is 38.5 Å². The molecular weight excluding hydrogens is 316 g/mol. The van der Waals surface area contributed by atoms with Crippen LogP contribution in [-0.2, 0) is 9.59 Å². The molecule has 1 atom stereocenters. The minimum atomic E-state index is -0.247. The first-order valence-corrected chi connectivity index (χ1v) is 8.16. The highest BCUT2D eigenvalue weighted by Gasteiger charge is 2.30. The van der Waals surface area contributed by atoms with Gasteiger partial charge >= 0.3 is 0 Å². The summed E-state index contributed by atoms with van der Waals surface area (Å²) in [5.41, 5.74) is 0. The number of carbonyl (C=O) groups excluding carboxylic acids is 2. The fourth-order valence-electron chi connectivity index (χ4n) is 3.44. The summed E-state index contributed by atoms with van der Waals surface area (Å²) >= 11 is 0. The quantitative estimate of drug-likeness (QED) is 0.831. The molecule has 0 radical (unpaired) electrons. The van der Waals surface area contributed by atoms with Gasteiger partial charge in [0.2, 0.25) is 11.8 Å². The van der Waals surface area contributed by atoms with Crippen LogP contribution in [-0.4, -0.2) is 60.9 Å². The molecule has 1 aliphatic carbocycles. The Balaban J connectivity index is 0.00000264. The van der Waals surface area contributed by atoms with Crippen LogP contribution in [0.4, 0.5) is 0 Å². The molecule has 1 aliphatic heterocycles. The molecule has 0 aromatic heterocycles. The second kappa shape index (κ2) is 9.09. The van der Waals surface area contributed by atoms with Crippen LogP contribution < -0.4 is 5.32 Å². The van der Waals surface area contributed by atoms with Gasteiger partial charge in [0.15, 0.2) is 0 Å². The van der Waals surface area contributed by atoms with Gasteiger partial charge in [-0.15, -0.1) is 12.4 Å². The van der Waals surface area contributed by atoms with Crippen molar-refractivity contribution < 1.29 is 9.59 Å². The molecular formula is C16H27ClN4O2. The number of carbonyl (C=O) groups is 2. The summed E-state index contributed by atoms with van der Waals surface area (Å²) < 4.78 is 0. The number of nitrogens with one attached hydrogen (secondary N) is 1. The van der Waals surface area contributed by atoms with Crippen LogP contribution in [0.25, 0.3) is 0 Å². The maximum Gasteiger partial charge on any atom is 0.237 e. The van der Waals surface area contributed by atoms with Gasteiger partial charge in [-0.3, -0.25) is 9.59 Å². The fraction of sp³-hybridized carbons (Fsp3) is 0.812. The molecule has 1 N–H and O–H groups in total. The number of halogens is 1. The first-order chi connectivity index (χ1) is 10.5. The van der Waals surface area contributed by atoms with Crippen molar-refractivity contribution in [2.45, 2.75) is 50.6 Å². The van der Waals surface area contributed by atoms with Gasteiger partial charge in [0.1, 0.15) is 6.04 Å². The van der Waals surface area contributed by atoms with Crippen LogP contribution in [0, 0.1) is 17.2 Å². The van der Waals surface area contributed by atoms with Crippen molar-refractivity contribution in [3.63, 3.8) is 0 Å². The van der Waals surface area contributed by atoms with E-state index in [1.54, 1.807) is 23.9 Å². The van der Waals surface area contributed by atoms with Crippen molar-refractivity contribution >= 4 is 24.2 Å². The van der Waals surface area contributed by atoms with Gasteiger partial charge in [-0.1, -0.05) is 0 Å². The Bertz CT molecular complexity index is 455. The number of nitrogens with zero attached hydrogens (tertiary/aromatic N) is 3. The third kappa shape index (κ3) is 5.08. The Labute approximate surface area is 144 Å². The van der Waals surface area contributed by atoms with E-state index in [1.165, 1.54) is 0 Å².